The third-order valence-electron chi connectivity index (χ3n) is 5.63. The van der Waals surface area contributed by atoms with Gasteiger partial charge in [0.25, 0.3) is 0 Å². The molecule has 4 nitrogen and oxygen atoms in total. The van der Waals surface area contributed by atoms with Crippen molar-refractivity contribution in [2.75, 3.05) is 14.2 Å². The van der Waals surface area contributed by atoms with E-state index in [1.807, 2.05) is 23.2 Å². The van der Waals surface area contributed by atoms with Crippen LogP contribution in [0.15, 0.2) is 28.9 Å². The minimum Gasteiger partial charge on any atom is -0.493 e. The van der Waals surface area contributed by atoms with Gasteiger partial charge < -0.3 is 14.4 Å². The van der Waals surface area contributed by atoms with Crippen LogP contribution in [-0.4, -0.2) is 31.1 Å². The van der Waals surface area contributed by atoms with Crippen LogP contribution in [-0.2, 0) is 11.2 Å². The normalized spacial score (nSPS) is 20.9. The monoisotopic (exact) mass is 421 g/mol. The molecular formula is C21H28BrNO3. The maximum Gasteiger partial charge on any atom is 0.231 e. The number of halogens is 1. The Bertz CT molecular complexity index is 667. The lowest BCUT2D eigenvalue weighted by Crippen LogP contribution is -2.44. The molecule has 0 radical (unpaired) electrons. The highest BCUT2D eigenvalue weighted by atomic mass is 79.9. The molecule has 2 aliphatic rings. The Morgan fingerprint density at radius 2 is 1.81 bits per heavy atom. The Morgan fingerprint density at radius 1 is 1.12 bits per heavy atom. The van der Waals surface area contributed by atoms with Gasteiger partial charge in [-0.25, -0.2) is 0 Å². The molecule has 0 N–H and O–H groups in total. The quantitative estimate of drug-likeness (QED) is 0.663. The first-order valence-corrected chi connectivity index (χ1v) is 10.3. The lowest BCUT2D eigenvalue weighted by Gasteiger charge is -2.39. The Balaban J connectivity index is 1.77. The SMILES string of the molecule is COc1cc(Br)c(CC(=O)N2C=CCCC2C2CCCCC2)cc1OC. The zero-order chi connectivity index (χ0) is 18.5. The third-order valence-corrected chi connectivity index (χ3v) is 6.37. The predicted octanol–water partition coefficient (Wildman–Crippen LogP) is 5.09. The molecule has 26 heavy (non-hydrogen) atoms. The summed E-state index contributed by atoms with van der Waals surface area (Å²) in [5.74, 6) is 2.11. The average molecular weight is 422 g/mol. The van der Waals surface area contributed by atoms with Crippen LogP contribution in [0, 0.1) is 5.92 Å². The molecule has 0 bridgehead atoms. The minimum atomic E-state index is 0.157. The average Bonchev–Trinajstić information content (AvgIpc) is 2.69. The van der Waals surface area contributed by atoms with Gasteiger partial charge in [-0.1, -0.05) is 41.3 Å². The molecule has 1 atom stereocenters. The molecule has 5 heteroatoms. The summed E-state index contributed by atoms with van der Waals surface area (Å²) in [6.45, 7) is 0. The lowest BCUT2D eigenvalue weighted by molar-refractivity contribution is -0.131. The Labute approximate surface area is 164 Å². The zero-order valence-electron chi connectivity index (χ0n) is 15.7. The van der Waals surface area contributed by atoms with E-state index in [4.69, 9.17) is 9.47 Å². The van der Waals surface area contributed by atoms with E-state index in [0.29, 0.717) is 29.9 Å². The summed E-state index contributed by atoms with van der Waals surface area (Å²) < 4.78 is 11.6. The molecule has 1 saturated carbocycles. The first-order chi connectivity index (χ1) is 12.6. The predicted molar refractivity (Wildman–Crippen MR) is 107 cm³/mol. The molecule has 0 aromatic heterocycles. The molecule has 1 unspecified atom stereocenters. The molecule has 1 aliphatic carbocycles. The highest BCUT2D eigenvalue weighted by molar-refractivity contribution is 9.10. The molecule has 3 rings (SSSR count). The summed E-state index contributed by atoms with van der Waals surface area (Å²) in [7, 11) is 3.23. The molecule has 1 aliphatic heterocycles. The number of carbonyl (C=O) groups is 1. The lowest BCUT2D eigenvalue weighted by atomic mass is 9.80. The first kappa shape index (κ1) is 19.3. The Morgan fingerprint density at radius 3 is 2.50 bits per heavy atom. The summed E-state index contributed by atoms with van der Waals surface area (Å²) in [6, 6.07) is 4.11. The van der Waals surface area contributed by atoms with Crippen molar-refractivity contribution in [3.8, 4) is 11.5 Å². The van der Waals surface area contributed by atoms with Crippen molar-refractivity contribution in [1.82, 2.24) is 4.90 Å². The smallest absolute Gasteiger partial charge is 0.231 e. The van der Waals surface area contributed by atoms with E-state index in [1.54, 1.807) is 14.2 Å². The van der Waals surface area contributed by atoms with Crippen molar-refractivity contribution in [2.45, 2.75) is 57.4 Å². The van der Waals surface area contributed by atoms with Crippen LogP contribution in [0.5, 0.6) is 11.5 Å². The maximum atomic E-state index is 13.1. The molecule has 0 saturated heterocycles. The van der Waals surface area contributed by atoms with E-state index in [-0.39, 0.29) is 5.91 Å². The second kappa shape index (κ2) is 8.94. The van der Waals surface area contributed by atoms with Gasteiger partial charge in [-0.15, -0.1) is 0 Å². The summed E-state index contributed by atoms with van der Waals surface area (Å²) in [5, 5.41) is 0. The fourth-order valence-electron chi connectivity index (χ4n) is 4.24. The number of amides is 1. The van der Waals surface area contributed by atoms with Gasteiger partial charge in [-0.3, -0.25) is 4.79 Å². The van der Waals surface area contributed by atoms with Crippen LogP contribution in [0.25, 0.3) is 0 Å². The maximum absolute atomic E-state index is 13.1. The Hall–Kier alpha value is -1.49. The van der Waals surface area contributed by atoms with Gasteiger partial charge in [0.15, 0.2) is 11.5 Å². The van der Waals surface area contributed by atoms with E-state index in [1.165, 1.54) is 32.1 Å². The van der Waals surface area contributed by atoms with Crippen molar-refractivity contribution < 1.29 is 14.3 Å². The highest BCUT2D eigenvalue weighted by Crippen LogP contribution is 2.36. The molecule has 1 amide bonds. The first-order valence-electron chi connectivity index (χ1n) is 9.52. The van der Waals surface area contributed by atoms with Crippen LogP contribution in [0.3, 0.4) is 0 Å². The Kier molecular flexibility index (Phi) is 6.63. The van der Waals surface area contributed by atoms with Gasteiger partial charge in [0.2, 0.25) is 5.91 Å². The number of ether oxygens (including phenoxy) is 2. The van der Waals surface area contributed by atoms with Gasteiger partial charge in [0.05, 0.1) is 20.6 Å². The molecular weight excluding hydrogens is 394 g/mol. The number of carbonyl (C=O) groups excluding carboxylic acids is 1. The summed E-state index contributed by atoms with van der Waals surface area (Å²) in [4.78, 5) is 15.1. The van der Waals surface area contributed by atoms with E-state index in [2.05, 4.69) is 22.0 Å². The standard InChI is InChI=1S/C21H28BrNO3/c1-25-19-12-16(17(22)14-20(19)26-2)13-21(24)23-11-7-6-10-18(23)15-8-4-3-5-9-15/h7,11-12,14-15,18H,3-6,8-10,13H2,1-2H3. The number of allylic oxidation sites excluding steroid dienone is 1. The van der Waals surface area contributed by atoms with E-state index < -0.39 is 0 Å². The van der Waals surface area contributed by atoms with Gasteiger partial charge in [-0.05, 0) is 49.3 Å². The second-order valence-electron chi connectivity index (χ2n) is 7.20. The molecule has 1 fully saturated rings. The second-order valence-corrected chi connectivity index (χ2v) is 8.06. The molecule has 0 spiro atoms. The summed E-state index contributed by atoms with van der Waals surface area (Å²) in [6.07, 6.45) is 13.1. The van der Waals surface area contributed by atoms with Crippen molar-refractivity contribution in [1.29, 1.82) is 0 Å². The number of hydrogen-bond acceptors (Lipinski definition) is 3. The number of methoxy groups -OCH3 is 2. The van der Waals surface area contributed by atoms with Crippen molar-refractivity contribution in [3.63, 3.8) is 0 Å². The van der Waals surface area contributed by atoms with Gasteiger partial charge in [0, 0.05) is 16.7 Å². The molecule has 1 aromatic rings. The third kappa shape index (κ3) is 4.25. The highest BCUT2D eigenvalue weighted by Gasteiger charge is 2.32. The topological polar surface area (TPSA) is 38.8 Å². The van der Waals surface area contributed by atoms with Crippen LogP contribution in [0.2, 0.25) is 0 Å². The number of nitrogens with zero attached hydrogens (tertiary/aromatic N) is 1. The van der Waals surface area contributed by atoms with Crippen molar-refractivity contribution >= 4 is 21.8 Å². The largest absolute Gasteiger partial charge is 0.493 e. The molecule has 142 valence electrons. The van der Waals surface area contributed by atoms with Crippen LogP contribution in [0.1, 0.15) is 50.5 Å². The summed E-state index contributed by atoms with van der Waals surface area (Å²) >= 11 is 3.57. The van der Waals surface area contributed by atoms with Gasteiger partial charge >= 0.3 is 0 Å². The van der Waals surface area contributed by atoms with Crippen LogP contribution in [0.4, 0.5) is 0 Å². The molecule has 1 heterocycles. The number of benzene rings is 1. The minimum absolute atomic E-state index is 0.157. The van der Waals surface area contributed by atoms with E-state index in [0.717, 1.165) is 22.9 Å². The van der Waals surface area contributed by atoms with Crippen molar-refractivity contribution in [2.24, 2.45) is 5.92 Å². The number of rotatable bonds is 5. The zero-order valence-corrected chi connectivity index (χ0v) is 17.3. The number of hydrogen-bond donors (Lipinski definition) is 0. The molecule has 1 aromatic carbocycles. The van der Waals surface area contributed by atoms with E-state index in [9.17, 15) is 4.79 Å². The fraction of sp³-hybridized carbons (Fsp3) is 0.571. The van der Waals surface area contributed by atoms with Gasteiger partial charge in [0.1, 0.15) is 0 Å². The fourth-order valence-corrected chi connectivity index (χ4v) is 4.70. The van der Waals surface area contributed by atoms with Gasteiger partial charge in [-0.2, -0.15) is 0 Å². The van der Waals surface area contributed by atoms with Crippen LogP contribution < -0.4 is 9.47 Å². The van der Waals surface area contributed by atoms with E-state index >= 15 is 0 Å². The summed E-state index contributed by atoms with van der Waals surface area (Å²) in [5.41, 5.74) is 0.925. The van der Waals surface area contributed by atoms with Crippen molar-refractivity contribution in [3.05, 3.63) is 34.4 Å². The van der Waals surface area contributed by atoms with Crippen LogP contribution >= 0.6 is 15.9 Å².